The van der Waals surface area contributed by atoms with E-state index in [1.807, 2.05) is 0 Å². The van der Waals surface area contributed by atoms with Gasteiger partial charge in [-0.15, -0.1) is 0 Å². The molecule has 2 aromatic rings. The summed E-state index contributed by atoms with van der Waals surface area (Å²) in [7, 11) is 0. The molecule has 0 saturated carbocycles. The van der Waals surface area contributed by atoms with E-state index < -0.39 is 0 Å². The molecule has 21 heavy (non-hydrogen) atoms. The average Bonchev–Trinajstić information content (AvgIpc) is 3.16. The number of aliphatic hydroxyl groups is 1. The van der Waals surface area contributed by atoms with Gasteiger partial charge in [-0.2, -0.15) is 4.98 Å². The van der Waals surface area contributed by atoms with Crippen LogP contribution in [0.1, 0.15) is 33.8 Å². The second-order valence-electron chi connectivity index (χ2n) is 5.33. The van der Waals surface area contributed by atoms with Crippen molar-refractivity contribution in [3.8, 4) is 0 Å². The summed E-state index contributed by atoms with van der Waals surface area (Å²) in [6, 6.07) is 1.66. The molecule has 1 fully saturated rings. The highest BCUT2D eigenvalue weighted by molar-refractivity contribution is 5.95. The fourth-order valence-electron chi connectivity index (χ4n) is 2.74. The van der Waals surface area contributed by atoms with Crippen molar-refractivity contribution in [3.63, 3.8) is 0 Å². The predicted octanol–water partition coefficient (Wildman–Crippen LogP) is 1.13. The fraction of sp³-hybridized carbons (Fsp3) is 0.500. The molecule has 1 aliphatic heterocycles. The van der Waals surface area contributed by atoms with Gasteiger partial charge in [0.05, 0.1) is 17.7 Å². The standard InChI is InChI=1S/C14H17N3O4/c1-8-11(3-4-20-8)14(19)17-5-10(7-18)12(6-17)13-15-9(2)16-21-13/h3-4,10,12,18H,5-7H2,1-2H3/t10-,12+/m0/s1. The highest BCUT2D eigenvalue weighted by Gasteiger charge is 2.39. The van der Waals surface area contributed by atoms with Gasteiger partial charge < -0.3 is 18.9 Å². The zero-order valence-corrected chi connectivity index (χ0v) is 11.9. The Bertz CT molecular complexity index is 648. The number of hydrogen-bond donors (Lipinski definition) is 1. The van der Waals surface area contributed by atoms with E-state index in [9.17, 15) is 9.90 Å². The third kappa shape index (κ3) is 2.44. The van der Waals surface area contributed by atoms with Gasteiger partial charge in [-0.3, -0.25) is 4.79 Å². The van der Waals surface area contributed by atoms with Gasteiger partial charge >= 0.3 is 0 Å². The largest absolute Gasteiger partial charge is 0.469 e. The SMILES string of the molecule is Cc1noc([C@@H]2CN(C(=O)c3ccoc3C)C[C@H]2CO)n1. The zero-order valence-electron chi connectivity index (χ0n) is 11.9. The number of amides is 1. The molecule has 112 valence electrons. The number of nitrogens with zero attached hydrogens (tertiary/aromatic N) is 3. The van der Waals surface area contributed by atoms with E-state index >= 15 is 0 Å². The quantitative estimate of drug-likeness (QED) is 0.911. The zero-order chi connectivity index (χ0) is 15.0. The van der Waals surface area contributed by atoms with Crippen LogP contribution in [0.5, 0.6) is 0 Å². The molecule has 1 N–H and O–H groups in total. The minimum atomic E-state index is -0.132. The number of aryl methyl sites for hydroxylation is 2. The number of carbonyl (C=O) groups is 1. The van der Waals surface area contributed by atoms with Crippen molar-refractivity contribution in [1.82, 2.24) is 15.0 Å². The van der Waals surface area contributed by atoms with Crippen LogP contribution in [-0.4, -0.2) is 45.8 Å². The maximum Gasteiger partial charge on any atom is 0.257 e. The normalized spacial score (nSPS) is 22.0. The molecule has 7 heteroatoms. The molecule has 0 bridgehead atoms. The summed E-state index contributed by atoms with van der Waals surface area (Å²) >= 11 is 0. The average molecular weight is 291 g/mol. The van der Waals surface area contributed by atoms with Gasteiger partial charge in [0.1, 0.15) is 5.76 Å². The summed E-state index contributed by atoms with van der Waals surface area (Å²) in [4.78, 5) is 18.4. The molecule has 2 aromatic heterocycles. The summed E-state index contributed by atoms with van der Waals surface area (Å²) in [5, 5.41) is 13.3. The van der Waals surface area contributed by atoms with Crippen molar-refractivity contribution in [2.75, 3.05) is 19.7 Å². The molecule has 0 aromatic carbocycles. The topological polar surface area (TPSA) is 92.6 Å². The lowest BCUT2D eigenvalue weighted by Gasteiger charge is -2.15. The summed E-state index contributed by atoms with van der Waals surface area (Å²) < 4.78 is 10.4. The van der Waals surface area contributed by atoms with Crippen LogP contribution < -0.4 is 0 Å². The van der Waals surface area contributed by atoms with Crippen LogP contribution >= 0.6 is 0 Å². The van der Waals surface area contributed by atoms with Gasteiger partial charge in [0.2, 0.25) is 5.89 Å². The van der Waals surface area contributed by atoms with E-state index in [1.165, 1.54) is 6.26 Å². The first kappa shape index (κ1) is 13.8. The van der Waals surface area contributed by atoms with E-state index in [0.717, 1.165) is 0 Å². The third-order valence-electron chi connectivity index (χ3n) is 3.91. The van der Waals surface area contributed by atoms with E-state index in [-0.39, 0.29) is 24.3 Å². The molecule has 7 nitrogen and oxygen atoms in total. The molecule has 0 aliphatic carbocycles. The first-order chi connectivity index (χ1) is 10.1. The summed E-state index contributed by atoms with van der Waals surface area (Å²) in [6.07, 6.45) is 1.50. The van der Waals surface area contributed by atoms with Crippen molar-refractivity contribution in [2.24, 2.45) is 5.92 Å². The summed E-state index contributed by atoms with van der Waals surface area (Å²) in [5.41, 5.74) is 0.550. The molecular formula is C14H17N3O4. The van der Waals surface area contributed by atoms with E-state index in [2.05, 4.69) is 10.1 Å². The van der Waals surface area contributed by atoms with Crippen LogP contribution in [0.15, 0.2) is 21.3 Å². The second-order valence-corrected chi connectivity index (χ2v) is 5.33. The van der Waals surface area contributed by atoms with E-state index in [1.54, 1.807) is 24.8 Å². The third-order valence-corrected chi connectivity index (χ3v) is 3.91. The highest BCUT2D eigenvalue weighted by atomic mass is 16.5. The van der Waals surface area contributed by atoms with Crippen LogP contribution in [0.2, 0.25) is 0 Å². The molecule has 1 amide bonds. The Kier molecular flexibility index (Phi) is 3.50. The Morgan fingerprint density at radius 2 is 2.29 bits per heavy atom. The van der Waals surface area contributed by atoms with Crippen molar-refractivity contribution in [3.05, 3.63) is 35.4 Å². The molecular weight excluding hydrogens is 274 g/mol. The highest BCUT2D eigenvalue weighted by Crippen LogP contribution is 2.32. The second kappa shape index (κ2) is 5.33. The minimum absolute atomic E-state index is 0.0275. The van der Waals surface area contributed by atoms with Crippen LogP contribution in [0.3, 0.4) is 0 Å². The molecule has 0 unspecified atom stereocenters. The maximum absolute atomic E-state index is 12.5. The number of furan rings is 1. The molecule has 1 saturated heterocycles. The lowest BCUT2D eigenvalue weighted by Crippen LogP contribution is -2.29. The number of likely N-dealkylation sites (tertiary alicyclic amines) is 1. The summed E-state index contributed by atoms with van der Waals surface area (Å²) in [6.45, 7) is 4.39. The van der Waals surface area contributed by atoms with Crippen LogP contribution in [-0.2, 0) is 0 Å². The van der Waals surface area contributed by atoms with Crippen molar-refractivity contribution >= 4 is 5.91 Å². The monoisotopic (exact) mass is 291 g/mol. The van der Waals surface area contributed by atoms with Crippen molar-refractivity contribution in [1.29, 1.82) is 0 Å². The smallest absolute Gasteiger partial charge is 0.257 e. The van der Waals surface area contributed by atoms with Gasteiger partial charge in [0.25, 0.3) is 5.91 Å². The molecule has 3 rings (SSSR count). The number of carbonyl (C=O) groups excluding carboxylic acids is 1. The summed E-state index contributed by atoms with van der Waals surface area (Å²) in [5.74, 6) is 1.30. The lowest BCUT2D eigenvalue weighted by atomic mass is 9.97. The van der Waals surface area contributed by atoms with Crippen LogP contribution in [0, 0.1) is 19.8 Å². The first-order valence-electron chi connectivity index (χ1n) is 6.84. The Morgan fingerprint density at radius 1 is 1.48 bits per heavy atom. The van der Waals surface area contributed by atoms with Gasteiger partial charge in [-0.05, 0) is 19.9 Å². The van der Waals surface area contributed by atoms with E-state index in [0.29, 0.717) is 36.1 Å². The molecule has 1 aliphatic rings. The molecule has 2 atom stereocenters. The molecule has 0 radical (unpaired) electrons. The number of aromatic nitrogens is 2. The van der Waals surface area contributed by atoms with Gasteiger partial charge in [0, 0.05) is 25.6 Å². The number of hydrogen-bond acceptors (Lipinski definition) is 6. The number of aliphatic hydroxyl groups excluding tert-OH is 1. The Labute approximate surface area is 121 Å². The van der Waals surface area contributed by atoms with Crippen LogP contribution in [0.4, 0.5) is 0 Å². The lowest BCUT2D eigenvalue weighted by molar-refractivity contribution is 0.0779. The van der Waals surface area contributed by atoms with Crippen molar-refractivity contribution < 1.29 is 18.8 Å². The Hall–Kier alpha value is -2.15. The van der Waals surface area contributed by atoms with Crippen LogP contribution in [0.25, 0.3) is 0 Å². The Balaban J connectivity index is 1.81. The minimum Gasteiger partial charge on any atom is -0.469 e. The van der Waals surface area contributed by atoms with Crippen molar-refractivity contribution in [2.45, 2.75) is 19.8 Å². The molecule has 0 spiro atoms. The Morgan fingerprint density at radius 3 is 2.86 bits per heavy atom. The maximum atomic E-state index is 12.5. The van der Waals surface area contributed by atoms with Gasteiger partial charge in [-0.1, -0.05) is 5.16 Å². The number of rotatable bonds is 3. The first-order valence-corrected chi connectivity index (χ1v) is 6.84. The van der Waals surface area contributed by atoms with Gasteiger partial charge in [0.15, 0.2) is 5.82 Å². The fourth-order valence-corrected chi connectivity index (χ4v) is 2.74. The molecule has 3 heterocycles. The van der Waals surface area contributed by atoms with E-state index in [4.69, 9.17) is 8.94 Å². The van der Waals surface area contributed by atoms with Gasteiger partial charge in [-0.25, -0.2) is 0 Å². The predicted molar refractivity (Wildman–Crippen MR) is 71.7 cm³/mol.